The minimum absolute atomic E-state index is 0.0260. The number of nitrogens with zero attached hydrogens (tertiary/aromatic N) is 3. The molecule has 0 radical (unpaired) electrons. The van der Waals surface area contributed by atoms with Gasteiger partial charge in [-0.25, -0.2) is 0 Å². The van der Waals surface area contributed by atoms with E-state index in [-0.39, 0.29) is 71.9 Å². The Morgan fingerprint density at radius 3 is 2.07 bits per heavy atom. The normalized spacial score (nSPS) is 21.2. The molecule has 2 N–H and O–H groups in total. The van der Waals surface area contributed by atoms with Gasteiger partial charge in [0.05, 0.1) is 25.3 Å². The first-order valence-electron chi connectivity index (χ1n) is 21.8. The van der Waals surface area contributed by atoms with Crippen LogP contribution < -0.4 is 5.32 Å². The molecule has 5 unspecified atom stereocenters. The number of morpholine rings is 1. The van der Waals surface area contributed by atoms with E-state index in [0.717, 1.165) is 77.8 Å². The number of nitrogens with one attached hydrogen (secondary N) is 2. The molecule has 310 valence electrons. The average Bonchev–Trinajstić information content (AvgIpc) is 4.17. The van der Waals surface area contributed by atoms with E-state index in [1.807, 2.05) is 60.0 Å². The molecule has 58 heavy (non-hydrogen) atoms. The van der Waals surface area contributed by atoms with Crippen molar-refractivity contribution < 1.29 is 28.7 Å². The molecular weight excluding hydrogens is 731 g/mol. The van der Waals surface area contributed by atoms with E-state index in [2.05, 4.69) is 55.3 Å². The van der Waals surface area contributed by atoms with Gasteiger partial charge in [-0.1, -0.05) is 65.3 Å². The molecule has 0 bridgehead atoms. The van der Waals surface area contributed by atoms with Crippen molar-refractivity contribution in [1.29, 1.82) is 0 Å². The maximum Gasteiger partial charge on any atom is 0.256 e. The number of rotatable bonds is 17. The Kier molecular flexibility index (Phi) is 13.0. The van der Waals surface area contributed by atoms with Crippen LogP contribution in [0.25, 0.3) is 22.4 Å². The van der Waals surface area contributed by atoms with Crippen molar-refractivity contribution in [3.05, 3.63) is 71.3 Å². The van der Waals surface area contributed by atoms with E-state index in [0.29, 0.717) is 44.2 Å². The lowest BCUT2D eigenvalue weighted by Gasteiger charge is -2.38. The Labute approximate surface area is 343 Å². The van der Waals surface area contributed by atoms with Crippen LogP contribution in [0.4, 0.5) is 5.69 Å². The summed E-state index contributed by atoms with van der Waals surface area (Å²) >= 11 is 0. The number of carbonyl (C=O) groups excluding carboxylic acids is 4. The van der Waals surface area contributed by atoms with Crippen LogP contribution in [0.3, 0.4) is 0 Å². The number of likely N-dealkylation sites (tertiary alicyclic amines) is 1. The topological polar surface area (TPSA) is 132 Å². The summed E-state index contributed by atoms with van der Waals surface area (Å²) in [4.78, 5) is 74.1. The van der Waals surface area contributed by atoms with Gasteiger partial charge < -0.3 is 24.8 Å². The molecule has 11 heteroatoms. The summed E-state index contributed by atoms with van der Waals surface area (Å²) in [5.41, 5.74) is 5.37. The zero-order chi connectivity index (χ0) is 41.1. The molecule has 3 amide bonds. The lowest BCUT2D eigenvalue weighted by atomic mass is 9.77. The van der Waals surface area contributed by atoms with E-state index in [1.165, 1.54) is 0 Å². The second kappa shape index (κ2) is 18.1. The van der Waals surface area contributed by atoms with Gasteiger partial charge in [0.15, 0.2) is 0 Å². The second-order valence-corrected chi connectivity index (χ2v) is 17.9. The Morgan fingerprint density at radius 2 is 1.45 bits per heavy atom. The smallest absolute Gasteiger partial charge is 0.256 e. The number of benzene rings is 2. The maximum absolute atomic E-state index is 14.1. The number of carbonyl (C=O) groups is 4. The van der Waals surface area contributed by atoms with Crippen LogP contribution in [0.5, 0.6) is 0 Å². The molecule has 1 aromatic heterocycles. The SMILES string of the molecule is CCC(CC(=O)C1CC1)C(C(=O)N1CCCC1C[N+](=O)c1ccc(-c2ccc(-c3ccc(C4COCCN4C(=O)C(NC(=O)C4CC4)C(C)C)[nH]3)cc2)cc1)C(C)C. The summed E-state index contributed by atoms with van der Waals surface area (Å²) in [5, 5.41) is 3.02. The molecule has 2 aliphatic carbocycles. The largest absolute Gasteiger partial charge is 0.377 e. The summed E-state index contributed by atoms with van der Waals surface area (Å²) in [5.74, 6) is 0.426. The molecule has 4 aliphatic rings. The minimum atomic E-state index is -0.577. The number of ether oxygens (including phenoxy) is 1. The van der Waals surface area contributed by atoms with Gasteiger partial charge in [0, 0.05) is 70.5 Å². The predicted molar refractivity (Wildman–Crippen MR) is 224 cm³/mol. The fourth-order valence-corrected chi connectivity index (χ4v) is 9.06. The van der Waals surface area contributed by atoms with E-state index in [1.54, 1.807) is 0 Å². The molecule has 2 aliphatic heterocycles. The van der Waals surface area contributed by atoms with Gasteiger partial charge in [-0.15, -0.1) is 0 Å². The average molecular weight is 793 g/mol. The highest BCUT2D eigenvalue weighted by molar-refractivity contribution is 5.90. The van der Waals surface area contributed by atoms with Crippen LogP contribution in [0.15, 0.2) is 60.7 Å². The van der Waals surface area contributed by atoms with Gasteiger partial charge in [0.25, 0.3) is 5.69 Å². The van der Waals surface area contributed by atoms with Crippen LogP contribution in [0.2, 0.25) is 0 Å². The fraction of sp³-hybridized carbons (Fsp3) is 0.574. The van der Waals surface area contributed by atoms with Crippen molar-refractivity contribution in [3.8, 4) is 22.4 Å². The number of aromatic nitrogens is 1. The van der Waals surface area contributed by atoms with Crippen LogP contribution in [-0.2, 0) is 23.9 Å². The monoisotopic (exact) mass is 792 g/mol. The third kappa shape index (κ3) is 9.46. The first-order valence-corrected chi connectivity index (χ1v) is 21.8. The van der Waals surface area contributed by atoms with Crippen LogP contribution >= 0.6 is 0 Å². The summed E-state index contributed by atoms with van der Waals surface area (Å²) in [6.45, 7) is 12.3. The molecule has 2 saturated carbocycles. The van der Waals surface area contributed by atoms with Gasteiger partial charge in [-0.05, 0) is 97.2 Å². The summed E-state index contributed by atoms with van der Waals surface area (Å²) in [6.07, 6.45) is 6.69. The first-order chi connectivity index (χ1) is 27.9. The molecule has 7 rings (SSSR count). The lowest BCUT2D eigenvalue weighted by Crippen LogP contribution is -2.55. The highest BCUT2D eigenvalue weighted by Crippen LogP contribution is 2.38. The quantitative estimate of drug-likeness (QED) is 0.134. The Morgan fingerprint density at radius 1 is 0.793 bits per heavy atom. The highest BCUT2D eigenvalue weighted by Gasteiger charge is 2.42. The molecule has 11 nitrogen and oxygen atoms in total. The standard InChI is InChI=1S/C47H61N5O6/c1-6-31(26-42(53)35-13-14-35)43(29(2)3)46(55)50-23-7-8-38(50)27-52(57)37-19-17-33(18-20-37)32-9-11-34(12-10-32)39-21-22-40(48-39)41-28-58-25-24-51(41)47(56)44(30(4)5)49-45(54)36-15-16-36/h9-12,17-22,29-31,35-36,38,41,43-44H,6-8,13-16,23-28H2,1-5H3,(H-,48,49,54,57)/p+1. The van der Waals surface area contributed by atoms with Crippen molar-refractivity contribution in [2.75, 3.05) is 32.8 Å². The molecule has 5 atom stereocenters. The molecule has 4 fully saturated rings. The number of hydrogen-bond donors (Lipinski definition) is 2. The zero-order valence-corrected chi connectivity index (χ0v) is 35.0. The molecule has 2 saturated heterocycles. The molecular formula is C47H62N5O6+. The van der Waals surface area contributed by atoms with Gasteiger partial charge in [0.1, 0.15) is 11.8 Å². The van der Waals surface area contributed by atoms with Crippen LogP contribution in [-0.4, -0.2) is 88.0 Å². The van der Waals surface area contributed by atoms with E-state index in [4.69, 9.17) is 4.74 Å². The number of nitroso groups, excluding NO2 is 1. The maximum atomic E-state index is 14.1. The van der Waals surface area contributed by atoms with Gasteiger partial charge in [-0.3, -0.25) is 19.2 Å². The van der Waals surface area contributed by atoms with Crippen molar-refractivity contribution in [1.82, 2.24) is 20.1 Å². The third-order valence-corrected chi connectivity index (χ3v) is 12.9. The lowest BCUT2D eigenvalue weighted by molar-refractivity contribution is -0.469. The Balaban J connectivity index is 0.969. The number of hydrogen-bond acceptors (Lipinski definition) is 6. The van der Waals surface area contributed by atoms with Crippen molar-refractivity contribution in [2.24, 2.45) is 35.5 Å². The number of ketones is 1. The van der Waals surface area contributed by atoms with Crippen molar-refractivity contribution in [3.63, 3.8) is 0 Å². The molecule has 3 aromatic rings. The van der Waals surface area contributed by atoms with E-state index >= 15 is 0 Å². The van der Waals surface area contributed by atoms with Gasteiger partial charge >= 0.3 is 0 Å². The third-order valence-electron chi connectivity index (χ3n) is 12.9. The van der Waals surface area contributed by atoms with Crippen LogP contribution in [0, 0.1) is 40.4 Å². The minimum Gasteiger partial charge on any atom is -0.377 e. The summed E-state index contributed by atoms with van der Waals surface area (Å²) < 4.78 is 6.85. The summed E-state index contributed by atoms with van der Waals surface area (Å²) in [7, 11) is 0. The number of aromatic amines is 1. The van der Waals surface area contributed by atoms with Crippen LogP contribution in [0.1, 0.15) is 97.7 Å². The Bertz CT molecular complexity index is 1950. The predicted octanol–water partition coefficient (Wildman–Crippen LogP) is 7.87. The zero-order valence-electron chi connectivity index (χ0n) is 35.0. The van der Waals surface area contributed by atoms with Crippen molar-refractivity contribution >= 4 is 29.2 Å². The Hall–Kier alpha value is -4.64. The molecule has 0 spiro atoms. The van der Waals surface area contributed by atoms with E-state index < -0.39 is 6.04 Å². The number of Topliss-reactive ketones (excluding diaryl/α,β-unsaturated/α-hetero) is 1. The first kappa shape index (κ1) is 41.5. The van der Waals surface area contributed by atoms with Gasteiger partial charge in [0.2, 0.25) is 24.3 Å². The number of H-pyrrole nitrogens is 1. The fourth-order valence-electron chi connectivity index (χ4n) is 9.06. The van der Waals surface area contributed by atoms with Crippen molar-refractivity contribution in [2.45, 2.75) is 104 Å². The molecule has 2 aromatic carbocycles. The highest BCUT2D eigenvalue weighted by atomic mass is 16.5. The van der Waals surface area contributed by atoms with Gasteiger partial charge in [-0.2, -0.15) is 0 Å². The second-order valence-electron chi connectivity index (χ2n) is 17.9. The summed E-state index contributed by atoms with van der Waals surface area (Å²) in [6, 6.07) is 18.9. The number of amides is 3. The van der Waals surface area contributed by atoms with E-state index in [9.17, 15) is 24.1 Å². The molecule has 3 heterocycles.